The summed E-state index contributed by atoms with van der Waals surface area (Å²) in [5.41, 5.74) is 1.05. The Morgan fingerprint density at radius 1 is 1.13 bits per heavy atom. The molecule has 0 fully saturated rings. The van der Waals surface area contributed by atoms with Gasteiger partial charge in [0.1, 0.15) is 22.2 Å². The molecule has 0 amide bonds. The molecule has 0 atom stereocenters. The number of nitrogens with zero attached hydrogens (tertiary/aromatic N) is 2. The van der Waals surface area contributed by atoms with Crippen LogP contribution < -0.4 is 10.1 Å². The lowest BCUT2D eigenvalue weighted by molar-refractivity contribution is -0.140. The fourth-order valence-electron chi connectivity index (χ4n) is 3.35. The summed E-state index contributed by atoms with van der Waals surface area (Å²) in [5, 5.41) is 5.09. The van der Waals surface area contributed by atoms with Crippen LogP contribution in [0, 0.1) is 6.92 Å². The highest BCUT2D eigenvalue weighted by molar-refractivity contribution is 7.18. The average Bonchev–Trinajstić information content (AvgIpc) is 3.14. The minimum absolute atomic E-state index is 0.143. The van der Waals surface area contributed by atoms with Crippen LogP contribution in [0.4, 0.5) is 5.82 Å². The number of esters is 1. The predicted molar refractivity (Wildman–Crippen MR) is 126 cm³/mol. The van der Waals surface area contributed by atoms with Crippen molar-refractivity contribution in [1.29, 1.82) is 0 Å². The maximum absolute atomic E-state index is 11.2. The molecule has 2 heterocycles. The smallest absolute Gasteiger partial charge is 0.305 e. The molecule has 0 aliphatic rings. The summed E-state index contributed by atoms with van der Waals surface area (Å²) in [5.74, 6) is 2.22. The molecule has 0 saturated heterocycles. The molecule has 3 aromatic rings. The summed E-state index contributed by atoms with van der Waals surface area (Å²) in [6, 6.07) is 7.89. The van der Waals surface area contributed by atoms with Crippen molar-refractivity contribution < 1.29 is 14.3 Å². The first-order valence-corrected chi connectivity index (χ1v) is 11.6. The van der Waals surface area contributed by atoms with Crippen LogP contribution in [0.25, 0.3) is 10.2 Å². The Bertz CT molecular complexity index is 1040. The molecule has 8 heteroatoms. The van der Waals surface area contributed by atoms with Crippen LogP contribution in [0.2, 0.25) is 5.02 Å². The van der Waals surface area contributed by atoms with E-state index < -0.39 is 0 Å². The van der Waals surface area contributed by atoms with Gasteiger partial charge in [-0.2, -0.15) is 0 Å². The molecule has 0 aliphatic carbocycles. The maximum atomic E-state index is 11.2. The number of benzene rings is 1. The van der Waals surface area contributed by atoms with E-state index in [9.17, 15) is 4.79 Å². The zero-order valence-electron chi connectivity index (χ0n) is 18.2. The van der Waals surface area contributed by atoms with Gasteiger partial charge in [0.05, 0.1) is 24.6 Å². The molecule has 3 rings (SSSR count). The number of rotatable bonds is 11. The SMILES string of the molecule is COC(=O)CCCCCCc1nc(NCc2ccc(OC)c(Cl)c2)c2cc(C)sc2n1. The van der Waals surface area contributed by atoms with Crippen molar-refractivity contribution in [2.75, 3.05) is 19.5 Å². The van der Waals surface area contributed by atoms with E-state index in [1.54, 1.807) is 18.4 Å². The third-order valence-corrected chi connectivity index (χ3v) is 6.24. The van der Waals surface area contributed by atoms with Crippen molar-refractivity contribution in [2.24, 2.45) is 0 Å². The first-order chi connectivity index (χ1) is 15.0. The summed E-state index contributed by atoms with van der Waals surface area (Å²) in [7, 11) is 3.04. The molecule has 0 saturated carbocycles. The van der Waals surface area contributed by atoms with E-state index in [0.29, 0.717) is 23.7 Å². The minimum Gasteiger partial charge on any atom is -0.495 e. The third kappa shape index (κ3) is 6.55. The third-order valence-electron chi connectivity index (χ3n) is 5.00. The molecule has 6 nitrogen and oxygen atoms in total. The van der Waals surface area contributed by atoms with Gasteiger partial charge in [0, 0.05) is 24.3 Å². The van der Waals surface area contributed by atoms with Crippen LogP contribution >= 0.6 is 22.9 Å². The number of ether oxygens (including phenoxy) is 2. The van der Waals surface area contributed by atoms with E-state index in [2.05, 4.69) is 23.0 Å². The van der Waals surface area contributed by atoms with E-state index >= 15 is 0 Å². The summed E-state index contributed by atoms with van der Waals surface area (Å²) in [6.45, 7) is 2.69. The Hall–Kier alpha value is -2.38. The second-order valence-electron chi connectivity index (χ2n) is 7.38. The molecule has 0 aliphatic heterocycles. The molecular formula is C23H28ClN3O3S. The van der Waals surface area contributed by atoms with Gasteiger partial charge in [-0.3, -0.25) is 4.79 Å². The second kappa shape index (κ2) is 11.3. The number of halogens is 1. The number of hydrogen-bond acceptors (Lipinski definition) is 7. The van der Waals surface area contributed by atoms with Gasteiger partial charge in [-0.25, -0.2) is 9.97 Å². The molecule has 1 aromatic carbocycles. The van der Waals surface area contributed by atoms with Gasteiger partial charge in [0.15, 0.2) is 0 Å². The van der Waals surface area contributed by atoms with E-state index in [4.69, 9.17) is 26.3 Å². The number of hydrogen-bond donors (Lipinski definition) is 1. The number of fused-ring (bicyclic) bond motifs is 1. The first-order valence-electron chi connectivity index (χ1n) is 10.4. The van der Waals surface area contributed by atoms with Crippen LogP contribution in [0.5, 0.6) is 5.75 Å². The van der Waals surface area contributed by atoms with Crippen molar-refractivity contribution in [2.45, 2.75) is 52.0 Å². The van der Waals surface area contributed by atoms with Gasteiger partial charge in [-0.15, -0.1) is 11.3 Å². The largest absolute Gasteiger partial charge is 0.495 e. The number of carbonyl (C=O) groups is 1. The average molecular weight is 462 g/mol. The summed E-state index contributed by atoms with van der Waals surface area (Å²) < 4.78 is 9.90. The van der Waals surface area contributed by atoms with Gasteiger partial charge in [-0.1, -0.05) is 30.5 Å². The van der Waals surface area contributed by atoms with Crippen LogP contribution in [-0.4, -0.2) is 30.2 Å². The summed E-state index contributed by atoms with van der Waals surface area (Å²) in [4.78, 5) is 23.0. The Labute approximate surface area is 192 Å². The predicted octanol–water partition coefficient (Wildman–Crippen LogP) is 5.94. The molecule has 31 heavy (non-hydrogen) atoms. The Kier molecular flexibility index (Phi) is 8.49. The molecule has 2 aromatic heterocycles. The Balaban J connectivity index is 1.63. The molecular weight excluding hydrogens is 434 g/mol. The fourth-order valence-corrected chi connectivity index (χ4v) is 4.53. The van der Waals surface area contributed by atoms with E-state index in [1.807, 2.05) is 18.2 Å². The normalized spacial score (nSPS) is 11.0. The van der Waals surface area contributed by atoms with E-state index in [0.717, 1.165) is 59.5 Å². The van der Waals surface area contributed by atoms with Gasteiger partial charge in [-0.05, 0) is 43.5 Å². The van der Waals surface area contributed by atoms with E-state index in [-0.39, 0.29) is 5.97 Å². The fraction of sp³-hybridized carbons (Fsp3) is 0.435. The highest BCUT2D eigenvalue weighted by atomic mass is 35.5. The number of nitrogens with one attached hydrogen (secondary N) is 1. The number of aryl methyl sites for hydroxylation is 2. The van der Waals surface area contributed by atoms with Crippen LogP contribution in [-0.2, 0) is 22.5 Å². The number of thiophene rings is 1. The zero-order valence-corrected chi connectivity index (χ0v) is 19.7. The lowest BCUT2D eigenvalue weighted by atomic mass is 10.1. The monoisotopic (exact) mass is 461 g/mol. The lowest BCUT2D eigenvalue weighted by Crippen LogP contribution is -2.05. The van der Waals surface area contributed by atoms with Gasteiger partial charge >= 0.3 is 5.97 Å². The van der Waals surface area contributed by atoms with Crippen LogP contribution in [0.1, 0.15) is 48.4 Å². The molecule has 0 bridgehead atoms. The highest BCUT2D eigenvalue weighted by Gasteiger charge is 2.11. The zero-order chi connectivity index (χ0) is 22.2. The molecule has 0 radical (unpaired) electrons. The molecule has 0 spiro atoms. The van der Waals surface area contributed by atoms with Crippen molar-refractivity contribution in [3.05, 3.63) is 45.6 Å². The van der Waals surface area contributed by atoms with Gasteiger partial charge in [0.25, 0.3) is 0 Å². The van der Waals surface area contributed by atoms with Crippen molar-refractivity contribution in [3.8, 4) is 5.75 Å². The van der Waals surface area contributed by atoms with Gasteiger partial charge in [0.2, 0.25) is 0 Å². The standard InChI is InChI=1S/C23H28ClN3O3S/c1-15-12-17-22(25-14-16-10-11-19(29-2)18(24)13-16)26-20(27-23(17)31-15)8-6-4-5-7-9-21(28)30-3/h10-13H,4-9,14H2,1-3H3,(H,25,26,27). The van der Waals surface area contributed by atoms with Crippen molar-refractivity contribution >= 4 is 44.9 Å². The van der Waals surface area contributed by atoms with Gasteiger partial charge < -0.3 is 14.8 Å². The first kappa shape index (κ1) is 23.3. The van der Waals surface area contributed by atoms with Crippen molar-refractivity contribution in [1.82, 2.24) is 9.97 Å². The van der Waals surface area contributed by atoms with Crippen LogP contribution in [0.3, 0.4) is 0 Å². The summed E-state index contributed by atoms with van der Waals surface area (Å²) >= 11 is 7.93. The Morgan fingerprint density at radius 2 is 1.94 bits per heavy atom. The van der Waals surface area contributed by atoms with Crippen LogP contribution in [0.15, 0.2) is 24.3 Å². The van der Waals surface area contributed by atoms with E-state index in [1.165, 1.54) is 12.0 Å². The second-order valence-corrected chi connectivity index (χ2v) is 9.02. The number of aromatic nitrogens is 2. The number of methoxy groups -OCH3 is 2. The highest BCUT2D eigenvalue weighted by Crippen LogP contribution is 2.30. The lowest BCUT2D eigenvalue weighted by Gasteiger charge is -2.10. The van der Waals surface area contributed by atoms with Crippen molar-refractivity contribution in [3.63, 3.8) is 0 Å². The maximum Gasteiger partial charge on any atom is 0.305 e. The quantitative estimate of drug-likeness (QED) is 0.281. The molecule has 1 N–H and O–H groups in total. The number of unbranched alkanes of at least 4 members (excludes halogenated alkanes) is 3. The Morgan fingerprint density at radius 3 is 2.68 bits per heavy atom. The number of carbonyl (C=O) groups excluding carboxylic acids is 1. The molecule has 166 valence electrons. The minimum atomic E-state index is -0.143. The number of anilines is 1. The molecule has 0 unspecified atom stereocenters. The topological polar surface area (TPSA) is 73.3 Å². The summed E-state index contributed by atoms with van der Waals surface area (Å²) in [6.07, 6.45) is 5.18.